The highest BCUT2D eigenvalue weighted by atomic mass is 15.1. The highest BCUT2D eigenvalue weighted by Crippen LogP contribution is 2.43. The Bertz CT molecular complexity index is 3230. The molecular weight excluding hydrogens is 677 g/mol. The van der Waals surface area contributed by atoms with Crippen LogP contribution in [0.4, 0.5) is 17.1 Å². The van der Waals surface area contributed by atoms with Crippen molar-refractivity contribution in [3.63, 3.8) is 0 Å². The number of rotatable bonds is 6. The lowest BCUT2D eigenvalue weighted by Gasteiger charge is -2.26. The van der Waals surface area contributed by atoms with Crippen LogP contribution in [0.2, 0.25) is 0 Å². The summed E-state index contributed by atoms with van der Waals surface area (Å²) >= 11 is 0. The molecule has 0 fully saturated rings. The quantitative estimate of drug-likeness (QED) is 0.156. The molecule has 1 aromatic heterocycles. The molecule has 10 aromatic carbocycles. The Morgan fingerprint density at radius 3 is 1.57 bits per heavy atom. The zero-order valence-electron chi connectivity index (χ0n) is 30.7. The lowest BCUT2D eigenvalue weighted by molar-refractivity contribution is 1.18. The molecule has 0 radical (unpaired) electrons. The summed E-state index contributed by atoms with van der Waals surface area (Å²) in [6.45, 7) is 0. The second kappa shape index (κ2) is 13.2. The number of nitrogens with zero attached hydrogens (tertiary/aromatic N) is 2. The lowest BCUT2D eigenvalue weighted by atomic mass is 9.91. The van der Waals surface area contributed by atoms with Crippen LogP contribution in [0.15, 0.2) is 218 Å². The SMILES string of the molecule is c1ccc(-c2cccc3cccc(-c4ccc(N(c5ccc6ccc7ccccc7c6c5)c5ccc6c(c5)c5ccccc5n6-c5ccccc5)cc4)c23)cc1. The third-order valence-electron chi connectivity index (χ3n) is 11.3. The molecule has 0 aliphatic heterocycles. The van der Waals surface area contributed by atoms with Gasteiger partial charge in [0, 0.05) is 33.5 Å². The van der Waals surface area contributed by atoms with E-state index in [-0.39, 0.29) is 0 Å². The van der Waals surface area contributed by atoms with E-state index in [0.717, 1.165) is 22.7 Å². The zero-order chi connectivity index (χ0) is 37.0. The normalized spacial score (nSPS) is 11.6. The summed E-state index contributed by atoms with van der Waals surface area (Å²) in [6, 6.07) is 79.5. The van der Waals surface area contributed by atoms with Crippen molar-refractivity contribution < 1.29 is 0 Å². The molecule has 1 heterocycles. The van der Waals surface area contributed by atoms with Crippen LogP contribution in [-0.4, -0.2) is 4.57 Å². The number of aromatic nitrogens is 1. The number of hydrogen-bond acceptors (Lipinski definition) is 1. The molecule has 262 valence electrons. The van der Waals surface area contributed by atoms with Gasteiger partial charge in [0.05, 0.1) is 11.0 Å². The minimum atomic E-state index is 1.10. The molecule has 0 aliphatic rings. The Balaban J connectivity index is 1.11. The van der Waals surface area contributed by atoms with Gasteiger partial charge >= 0.3 is 0 Å². The summed E-state index contributed by atoms with van der Waals surface area (Å²) in [5.41, 5.74) is 11.8. The van der Waals surface area contributed by atoms with E-state index in [2.05, 4.69) is 228 Å². The first-order chi connectivity index (χ1) is 27.8. The van der Waals surface area contributed by atoms with Crippen LogP contribution in [0, 0.1) is 0 Å². The average Bonchev–Trinajstić information content (AvgIpc) is 3.60. The largest absolute Gasteiger partial charge is 0.310 e. The summed E-state index contributed by atoms with van der Waals surface area (Å²) < 4.78 is 2.38. The van der Waals surface area contributed by atoms with E-state index in [1.165, 1.54) is 76.4 Å². The standard InChI is InChI=1S/C54H36N2/c1-3-13-37(14-4-1)47-22-11-16-41-17-12-23-48(54(41)47)39-27-30-43(31-28-39)55(44-32-29-40-26-25-38-15-7-8-20-46(38)50(40)35-44)45-33-34-53-51(36-45)49-21-9-10-24-52(49)56(53)42-18-5-2-6-19-42/h1-36H. The monoisotopic (exact) mass is 712 g/mol. The predicted octanol–water partition coefficient (Wildman–Crippen LogP) is 15.0. The Hall–Kier alpha value is -7.42. The van der Waals surface area contributed by atoms with Crippen molar-refractivity contribution in [3.8, 4) is 27.9 Å². The van der Waals surface area contributed by atoms with Crippen molar-refractivity contribution in [2.45, 2.75) is 0 Å². The lowest BCUT2D eigenvalue weighted by Crippen LogP contribution is -2.10. The average molecular weight is 713 g/mol. The molecule has 0 atom stereocenters. The maximum atomic E-state index is 2.41. The first-order valence-electron chi connectivity index (χ1n) is 19.3. The van der Waals surface area contributed by atoms with Crippen LogP contribution in [-0.2, 0) is 0 Å². The number of anilines is 3. The molecule has 2 heteroatoms. The topological polar surface area (TPSA) is 8.17 Å². The molecule has 0 N–H and O–H groups in total. The van der Waals surface area contributed by atoms with Crippen molar-refractivity contribution in [2.24, 2.45) is 0 Å². The third kappa shape index (κ3) is 5.26. The number of fused-ring (bicyclic) bond motifs is 7. The fourth-order valence-corrected chi connectivity index (χ4v) is 8.76. The van der Waals surface area contributed by atoms with Crippen LogP contribution >= 0.6 is 0 Å². The minimum Gasteiger partial charge on any atom is -0.310 e. The van der Waals surface area contributed by atoms with Crippen molar-refractivity contribution in [2.75, 3.05) is 4.90 Å². The van der Waals surface area contributed by atoms with Gasteiger partial charge in [-0.15, -0.1) is 0 Å². The maximum Gasteiger partial charge on any atom is 0.0542 e. The zero-order valence-corrected chi connectivity index (χ0v) is 30.7. The van der Waals surface area contributed by atoms with E-state index < -0.39 is 0 Å². The molecule has 2 nitrogen and oxygen atoms in total. The van der Waals surface area contributed by atoms with Gasteiger partial charge < -0.3 is 9.47 Å². The van der Waals surface area contributed by atoms with Crippen molar-refractivity contribution in [1.82, 2.24) is 4.57 Å². The molecule has 11 rings (SSSR count). The van der Waals surface area contributed by atoms with Gasteiger partial charge in [0.15, 0.2) is 0 Å². The van der Waals surface area contributed by atoms with Gasteiger partial charge in [-0.05, 0) is 115 Å². The van der Waals surface area contributed by atoms with Crippen molar-refractivity contribution in [3.05, 3.63) is 218 Å². The Morgan fingerprint density at radius 2 is 0.821 bits per heavy atom. The maximum absolute atomic E-state index is 2.41. The van der Waals surface area contributed by atoms with Crippen molar-refractivity contribution in [1.29, 1.82) is 0 Å². The van der Waals surface area contributed by atoms with Gasteiger partial charge in [-0.3, -0.25) is 0 Å². The Kier molecular flexibility index (Phi) is 7.53. The minimum absolute atomic E-state index is 1.10. The van der Waals surface area contributed by atoms with E-state index in [1.54, 1.807) is 0 Å². The highest BCUT2D eigenvalue weighted by molar-refractivity contribution is 6.12. The predicted molar refractivity (Wildman–Crippen MR) is 239 cm³/mol. The van der Waals surface area contributed by atoms with E-state index in [1.807, 2.05) is 0 Å². The van der Waals surface area contributed by atoms with Gasteiger partial charge in [-0.1, -0.05) is 158 Å². The van der Waals surface area contributed by atoms with Crippen LogP contribution < -0.4 is 4.90 Å². The fraction of sp³-hybridized carbons (Fsp3) is 0. The molecular formula is C54H36N2. The summed E-state index contributed by atoms with van der Waals surface area (Å²) in [6.07, 6.45) is 0. The second-order valence-corrected chi connectivity index (χ2v) is 14.5. The fourth-order valence-electron chi connectivity index (χ4n) is 8.76. The highest BCUT2D eigenvalue weighted by Gasteiger charge is 2.19. The molecule has 0 saturated carbocycles. The first-order valence-corrected chi connectivity index (χ1v) is 19.3. The van der Waals surface area contributed by atoms with Crippen molar-refractivity contribution >= 4 is 71.2 Å². The number of para-hydroxylation sites is 2. The molecule has 0 bridgehead atoms. The number of benzene rings is 10. The molecule has 56 heavy (non-hydrogen) atoms. The molecule has 0 spiro atoms. The summed E-state index contributed by atoms with van der Waals surface area (Å²) in [7, 11) is 0. The van der Waals surface area contributed by atoms with Gasteiger partial charge in [-0.25, -0.2) is 0 Å². The summed E-state index contributed by atoms with van der Waals surface area (Å²) in [4.78, 5) is 2.41. The molecule has 0 saturated heterocycles. The first kappa shape index (κ1) is 32.0. The second-order valence-electron chi connectivity index (χ2n) is 14.5. The summed E-state index contributed by atoms with van der Waals surface area (Å²) in [5.74, 6) is 0. The van der Waals surface area contributed by atoms with Crippen LogP contribution in [0.25, 0.3) is 82.1 Å². The van der Waals surface area contributed by atoms with E-state index in [4.69, 9.17) is 0 Å². The van der Waals surface area contributed by atoms with Crippen LogP contribution in [0.5, 0.6) is 0 Å². The molecule has 11 aromatic rings. The van der Waals surface area contributed by atoms with E-state index >= 15 is 0 Å². The third-order valence-corrected chi connectivity index (χ3v) is 11.3. The molecule has 0 amide bonds. The van der Waals surface area contributed by atoms with E-state index in [9.17, 15) is 0 Å². The van der Waals surface area contributed by atoms with Gasteiger partial charge in [0.25, 0.3) is 0 Å². The van der Waals surface area contributed by atoms with Gasteiger partial charge in [0.2, 0.25) is 0 Å². The Labute approximate surface area is 325 Å². The smallest absolute Gasteiger partial charge is 0.0542 e. The van der Waals surface area contributed by atoms with E-state index in [0.29, 0.717) is 0 Å². The molecule has 0 unspecified atom stereocenters. The molecule has 0 aliphatic carbocycles. The van der Waals surface area contributed by atoms with Crippen LogP contribution in [0.3, 0.4) is 0 Å². The number of hydrogen-bond donors (Lipinski definition) is 0. The van der Waals surface area contributed by atoms with Gasteiger partial charge in [0.1, 0.15) is 0 Å². The van der Waals surface area contributed by atoms with Gasteiger partial charge in [-0.2, -0.15) is 0 Å². The summed E-state index contributed by atoms with van der Waals surface area (Å²) in [5, 5.41) is 9.94. The Morgan fingerprint density at radius 1 is 0.304 bits per heavy atom. The van der Waals surface area contributed by atoms with Crippen LogP contribution in [0.1, 0.15) is 0 Å².